The monoisotopic (exact) mass is 255 g/mol. The first-order valence-electron chi connectivity index (χ1n) is 3.96. The van der Waals surface area contributed by atoms with E-state index in [4.69, 9.17) is 5.11 Å². The maximum absolute atomic E-state index is 11.3. The Kier molecular flexibility index (Phi) is 7.30. The third-order valence-corrected chi connectivity index (χ3v) is 2.62. The van der Waals surface area contributed by atoms with Gasteiger partial charge in [-0.1, -0.05) is 0 Å². The summed E-state index contributed by atoms with van der Waals surface area (Å²) in [6.07, 6.45) is 0.497. The smallest absolute Gasteiger partial charge is 0.327 e. The number of aliphatic carboxylic acids is 1. The van der Waals surface area contributed by atoms with Gasteiger partial charge in [-0.05, 0) is 12.2 Å². The minimum Gasteiger partial charge on any atom is -0.480 e. The van der Waals surface area contributed by atoms with Crippen molar-refractivity contribution in [2.75, 3.05) is 11.5 Å². The van der Waals surface area contributed by atoms with Gasteiger partial charge in [0.25, 0.3) is 0 Å². The Hall–Kier alpha value is -0.0100. The number of thiol groups is 3. The van der Waals surface area contributed by atoms with Crippen LogP contribution in [0.15, 0.2) is 0 Å². The van der Waals surface area contributed by atoms with Crippen molar-refractivity contribution >= 4 is 49.8 Å². The van der Waals surface area contributed by atoms with Gasteiger partial charge in [-0.15, -0.1) is 0 Å². The minimum atomic E-state index is -1.10. The molecule has 0 saturated heterocycles. The molecule has 0 radical (unpaired) electrons. The minimum absolute atomic E-state index is 0.0580. The molecule has 0 aliphatic heterocycles. The molecular formula is C7H13NO3S3. The van der Waals surface area contributed by atoms with Crippen molar-refractivity contribution in [1.29, 1.82) is 0 Å². The van der Waals surface area contributed by atoms with Gasteiger partial charge in [0.05, 0.1) is 5.25 Å². The van der Waals surface area contributed by atoms with E-state index < -0.39 is 23.2 Å². The highest BCUT2D eigenvalue weighted by Gasteiger charge is 2.21. The Morgan fingerprint density at radius 3 is 2.29 bits per heavy atom. The summed E-state index contributed by atoms with van der Waals surface area (Å²) in [5.74, 6) is -0.911. The molecule has 0 aromatic heterocycles. The SMILES string of the molecule is O=C(NC(CS)C(=O)O)C(S)CCS. The number of carbonyl (C=O) groups excluding carboxylic acids is 1. The molecule has 0 aliphatic carbocycles. The lowest BCUT2D eigenvalue weighted by Gasteiger charge is -2.14. The zero-order valence-corrected chi connectivity index (χ0v) is 10.1. The van der Waals surface area contributed by atoms with Gasteiger partial charge in [0.1, 0.15) is 6.04 Å². The van der Waals surface area contributed by atoms with Crippen molar-refractivity contribution in [3.63, 3.8) is 0 Å². The fourth-order valence-corrected chi connectivity index (χ4v) is 1.62. The van der Waals surface area contributed by atoms with E-state index in [1.807, 2.05) is 0 Å². The first kappa shape index (κ1) is 14.0. The molecule has 0 bridgehead atoms. The van der Waals surface area contributed by atoms with Gasteiger partial charge in [-0.3, -0.25) is 4.79 Å². The molecule has 2 N–H and O–H groups in total. The summed E-state index contributed by atoms with van der Waals surface area (Å²) < 4.78 is 0. The third-order valence-electron chi connectivity index (χ3n) is 1.50. The molecular weight excluding hydrogens is 242 g/mol. The second-order valence-corrected chi connectivity index (χ2v) is 4.05. The molecule has 2 unspecified atom stereocenters. The molecule has 0 fully saturated rings. The van der Waals surface area contributed by atoms with E-state index in [1.165, 1.54) is 0 Å². The van der Waals surface area contributed by atoms with E-state index in [2.05, 4.69) is 43.2 Å². The van der Waals surface area contributed by atoms with E-state index in [9.17, 15) is 9.59 Å². The van der Waals surface area contributed by atoms with Gasteiger partial charge >= 0.3 is 5.97 Å². The van der Waals surface area contributed by atoms with E-state index in [0.29, 0.717) is 12.2 Å². The Morgan fingerprint density at radius 2 is 1.93 bits per heavy atom. The summed E-state index contributed by atoms with van der Waals surface area (Å²) in [7, 11) is 0. The predicted octanol–water partition coefficient (Wildman–Crippen LogP) is 0.104. The molecule has 14 heavy (non-hydrogen) atoms. The number of hydrogen-bond acceptors (Lipinski definition) is 5. The van der Waals surface area contributed by atoms with E-state index >= 15 is 0 Å². The average Bonchev–Trinajstić information content (AvgIpc) is 2.13. The van der Waals surface area contributed by atoms with Crippen LogP contribution in [0, 0.1) is 0 Å². The summed E-state index contributed by atoms with van der Waals surface area (Å²) in [5.41, 5.74) is 0. The molecule has 0 heterocycles. The first-order valence-corrected chi connectivity index (χ1v) is 5.74. The van der Waals surface area contributed by atoms with Crippen molar-refractivity contribution in [2.24, 2.45) is 0 Å². The summed E-state index contributed by atoms with van der Waals surface area (Å²) >= 11 is 11.8. The fraction of sp³-hybridized carbons (Fsp3) is 0.714. The lowest BCUT2D eigenvalue weighted by molar-refractivity contribution is -0.141. The average molecular weight is 255 g/mol. The van der Waals surface area contributed by atoms with Gasteiger partial charge < -0.3 is 10.4 Å². The van der Waals surface area contributed by atoms with E-state index in [-0.39, 0.29) is 5.75 Å². The second kappa shape index (κ2) is 7.30. The van der Waals surface area contributed by atoms with Crippen molar-refractivity contribution in [2.45, 2.75) is 17.7 Å². The molecule has 0 aromatic rings. The van der Waals surface area contributed by atoms with Crippen molar-refractivity contribution in [1.82, 2.24) is 5.32 Å². The van der Waals surface area contributed by atoms with Crippen molar-refractivity contribution in [3.8, 4) is 0 Å². The Labute approximate surface area is 99.1 Å². The zero-order valence-electron chi connectivity index (χ0n) is 7.38. The van der Waals surface area contributed by atoms with Crippen LogP contribution in [0.2, 0.25) is 0 Å². The van der Waals surface area contributed by atoms with Gasteiger partial charge in [0, 0.05) is 5.75 Å². The Morgan fingerprint density at radius 1 is 1.36 bits per heavy atom. The summed E-state index contributed by atoms with van der Waals surface area (Å²) in [6, 6.07) is -0.958. The molecule has 1 amide bonds. The lowest BCUT2D eigenvalue weighted by Crippen LogP contribution is -2.45. The third kappa shape index (κ3) is 5.02. The molecule has 7 heteroatoms. The maximum Gasteiger partial charge on any atom is 0.327 e. The maximum atomic E-state index is 11.3. The fourth-order valence-electron chi connectivity index (χ4n) is 0.707. The highest BCUT2D eigenvalue weighted by molar-refractivity contribution is 7.82. The normalized spacial score (nSPS) is 14.5. The summed E-state index contributed by atoms with van der Waals surface area (Å²) in [6.45, 7) is 0. The van der Waals surface area contributed by atoms with E-state index in [1.54, 1.807) is 0 Å². The number of nitrogens with one attached hydrogen (secondary N) is 1. The Balaban J connectivity index is 4.08. The molecule has 0 rings (SSSR count). The highest BCUT2D eigenvalue weighted by atomic mass is 32.1. The topological polar surface area (TPSA) is 66.4 Å². The number of rotatable bonds is 6. The molecule has 0 spiro atoms. The number of carboxylic acid groups (broad SMARTS) is 1. The first-order chi connectivity index (χ1) is 6.52. The van der Waals surface area contributed by atoms with Crippen LogP contribution in [0.3, 0.4) is 0 Å². The van der Waals surface area contributed by atoms with E-state index in [0.717, 1.165) is 0 Å². The van der Waals surface area contributed by atoms with Gasteiger partial charge in [0.2, 0.25) is 5.91 Å². The van der Waals surface area contributed by atoms with Crippen LogP contribution < -0.4 is 5.32 Å². The van der Waals surface area contributed by atoms with Crippen LogP contribution in [0.25, 0.3) is 0 Å². The predicted molar refractivity (Wildman–Crippen MR) is 64.7 cm³/mol. The number of hydrogen-bond donors (Lipinski definition) is 5. The molecule has 4 nitrogen and oxygen atoms in total. The molecule has 2 atom stereocenters. The zero-order chi connectivity index (χ0) is 11.1. The number of amides is 1. The molecule has 0 aromatic carbocycles. The highest BCUT2D eigenvalue weighted by Crippen LogP contribution is 2.03. The Bertz CT molecular complexity index is 212. The molecule has 82 valence electrons. The summed E-state index contributed by atoms with van der Waals surface area (Å²) in [5, 5.41) is 10.4. The van der Waals surface area contributed by atoms with Crippen LogP contribution in [0.4, 0.5) is 0 Å². The van der Waals surface area contributed by atoms with Gasteiger partial charge in [0.15, 0.2) is 0 Å². The lowest BCUT2D eigenvalue weighted by atomic mass is 10.2. The van der Waals surface area contributed by atoms with Crippen LogP contribution in [-0.2, 0) is 9.59 Å². The van der Waals surface area contributed by atoms with Crippen LogP contribution in [0.1, 0.15) is 6.42 Å². The van der Waals surface area contributed by atoms with Gasteiger partial charge in [-0.25, -0.2) is 4.79 Å². The molecule has 0 saturated carbocycles. The standard InChI is InChI=1S/C7H13NO3S3/c9-6(5(14)1-2-12)8-4(3-13)7(10)11/h4-5,12-14H,1-3H2,(H,8,9)(H,10,11). The van der Waals surface area contributed by atoms with Crippen LogP contribution in [0.5, 0.6) is 0 Å². The van der Waals surface area contributed by atoms with Crippen molar-refractivity contribution in [3.05, 3.63) is 0 Å². The second-order valence-electron chi connectivity index (χ2n) is 2.61. The summed E-state index contributed by atoms with van der Waals surface area (Å²) in [4.78, 5) is 21.8. The van der Waals surface area contributed by atoms with Crippen LogP contribution in [-0.4, -0.2) is 39.8 Å². The van der Waals surface area contributed by atoms with Crippen molar-refractivity contribution < 1.29 is 14.7 Å². The van der Waals surface area contributed by atoms with Crippen LogP contribution >= 0.6 is 37.9 Å². The number of carbonyl (C=O) groups is 2. The number of carboxylic acids is 1. The van der Waals surface area contributed by atoms with Gasteiger partial charge in [-0.2, -0.15) is 37.9 Å². The molecule has 0 aliphatic rings. The largest absolute Gasteiger partial charge is 0.480 e. The quantitative estimate of drug-likeness (QED) is 0.438.